The molecular weight excluding hydrogens is 279 g/mol. The van der Waals surface area contributed by atoms with Gasteiger partial charge < -0.3 is 5.32 Å². The molecule has 0 aliphatic heterocycles. The number of pyridine rings is 1. The van der Waals surface area contributed by atoms with Gasteiger partial charge in [-0.05, 0) is 29.8 Å². The number of rotatable bonds is 3. The van der Waals surface area contributed by atoms with Crippen LogP contribution in [0.15, 0.2) is 36.7 Å². The van der Waals surface area contributed by atoms with Crippen LogP contribution in [0.4, 0.5) is 5.69 Å². The molecule has 1 N–H and O–H groups in total. The van der Waals surface area contributed by atoms with Crippen LogP contribution in [0.3, 0.4) is 0 Å². The van der Waals surface area contributed by atoms with E-state index >= 15 is 0 Å². The van der Waals surface area contributed by atoms with Crippen molar-refractivity contribution in [3.8, 4) is 0 Å². The number of benzene rings is 1. The molecule has 0 saturated heterocycles. The van der Waals surface area contributed by atoms with Crippen molar-refractivity contribution in [2.24, 2.45) is 0 Å². The third-order valence-corrected chi connectivity index (χ3v) is 3.16. The molecule has 2 nitrogen and oxygen atoms in total. The van der Waals surface area contributed by atoms with Crippen molar-refractivity contribution >= 4 is 40.5 Å². The molecule has 2 aromatic rings. The van der Waals surface area contributed by atoms with Crippen molar-refractivity contribution in [1.29, 1.82) is 0 Å². The van der Waals surface area contributed by atoms with Crippen molar-refractivity contribution in [2.45, 2.75) is 6.54 Å². The maximum absolute atomic E-state index is 6.04. The normalized spacial score (nSPS) is 10.3. The highest BCUT2D eigenvalue weighted by molar-refractivity contribution is 6.35. The van der Waals surface area contributed by atoms with E-state index in [-0.39, 0.29) is 0 Å². The quantitative estimate of drug-likeness (QED) is 0.888. The Hall–Kier alpha value is -0.960. The number of aromatic nitrogens is 1. The standard InChI is InChI=1S/C12H9Cl3N2/c13-9-1-2-10(14)12(5-9)17-6-8-3-4-16-7-11(8)15/h1-5,7,17H,6H2. The van der Waals surface area contributed by atoms with Crippen molar-refractivity contribution in [1.82, 2.24) is 4.98 Å². The number of hydrogen-bond acceptors (Lipinski definition) is 2. The molecule has 0 aliphatic rings. The lowest BCUT2D eigenvalue weighted by Gasteiger charge is -2.09. The van der Waals surface area contributed by atoms with Gasteiger partial charge in [-0.15, -0.1) is 0 Å². The highest BCUT2D eigenvalue weighted by Gasteiger charge is 2.03. The number of nitrogens with zero attached hydrogens (tertiary/aromatic N) is 1. The average Bonchev–Trinajstić information content (AvgIpc) is 2.32. The van der Waals surface area contributed by atoms with E-state index in [1.807, 2.05) is 6.07 Å². The van der Waals surface area contributed by atoms with Crippen molar-refractivity contribution < 1.29 is 0 Å². The van der Waals surface area contributed by atoms with Crippen LogP contribution >= 0.6 is 34.8 Å². The first-order valence-electron chi connectivity index (χ1n) is 4.94. The molecule has 17 heavy (non-hydrogen) atoms. The second kappa shape index (κ2) is 5.58. The van der Waals surface area contributed by atoms with E-state index in [1.165, 1.54) is 0 Å². The zero-order chi connectivity index (χ0) is 12.3. The summed E-state index contributed by atoms with van der Waals surface area (Å²) < 4.78 is 0. The SMILES string of the molecule is Clc1ccc(Cl)c(NCc2ccncc2Cl)c1. The third kappa shape index (κ3) is 3.25. The van der Waals surface area contributed by atoms with E-state index in [4.69, 9.17) is 34.8 Å². The predicted octanol–water partition coefficient (Wildman–Crippen LogP) is 4.65. The van der Waals surface area contributed by atoms with E-state index in [2.05, 4.69) is 10.3 Å². The van der Waals surface area contributed by atoms with Gasteiger partial charge in [0.05, 0.1) is 15.7 Å². The Kier molecular flexibility index (Phi) is 4.11. The van der Waals surface area contributed by atoms with Gasteiger partial charge in [-0.25, -0.2) is 0 Å². The van der Waals surface area contributed by atoms with Crippen molar-refractivity contribution in [2.75, 3.05) is 5.32 Å². The molecule has 0 spiro atoms. The summed E-state index contributed by atoms with van der Waals surface area (Å²) in [6.07, 6.45) is 3.31. The van der Waals surface area contributed by atoms with E-state index in [0.717, 1.165) is 11.3 Å². The molecule has 0 unspecified atom stereocenters. The van der Waals surface area contributed by atoms with Gasteiger partial charge in [0, 0.05) is 24.0 Å². The molecule has 0 amide bonds. The highest BCUT2D eigenvalue weighted by atomic mass is 35.5. The first-order valence-corrected chi connectivity index (χ1v) is 6.07. The fourth-order valence-electron chi connectivity index (χ4n) is 1.37. The molecule has 0 bridgehead atoms. The minimum atomic E-state index is 0.571. The number of nitrogens with one attached hydrogen (secondary N) is 1. The monoisotopic (exact) mass is 286 g/mol. The van der Waals surface area contributed by atoms with Crippen LogP contribution in [0.25, 0.3) is 0 Å². The fraction of sp³-hybridized carbons (Fsp3) is 0.0833. The van der Waals surface area contributed by atoms with Gasteiger partial charge >= 0.3 is 0 Å². The average molecular weight is 288 g/mol. The number of halogens is 3. The minimum absolute atomic E-state index is 0.571. The predicted molar refractivity (Wildman–Crippen MR) is 73.0 cm³/mol. The van der Waals surface area contributed by atoms with Gasteiger partial charge in [-0.2, -0.15) is 0 Å². The summed E-state index contributed by atoms with van der Waals surface area (Å²) in [7, 11) is 0. The molecule has 0 fully saturated rings. The van der Waals surface area contributed by atoms with Gasteiger partial charge in [0.1, 0.15) is 0 Å². The molecule has 1 aromatic heterocycles. The maximum Gasteiger partial charge on any atom is 0.0639 e. The van der Waals surface area contributed by atoms with Crippen LogP contribution in [0.5, 0.6) is 0 Å². The Bertz CT molecular complexity index is 529. The van der Waals surface area contributed by atoms with Crippen LogP contribution in [0.1, 0.15) is 5.56 Å². The molecule has 5 heteroatoms. The lowest BCUT2D eigenvalue weighted by atomic mass is 10.2. The summed E-state index contributed by atoms with van der Waals surface area (Å²) >= 11 is 17.9. The first-order chi connectivity index (χ1) is 8.16. The molecule has 1 aromatic carbocycles. The molecule has 88 valence electrons. The Morgan fingerprint density at radius 2 is 1.88 bits per heavy atom. The highest BCUT2D eigenvalue weighted by Crippen LogP contribution is 2.26. The molecule has 0 radical (unpaired) electrons. The second-order valence-corrected chi connectivity index (χ2v) is 4.70. The van der Waals surface area contributed by atoms with E-state index in [9.17, 15) is 0 Å². The molecule has 0 aliphatic carbocycles. The first kappa shape index (κ1) is 12.5. The maximum atomic E-state index is 6.04. The Morgan fingerprint density at radius 3 is 2.65 bits per heavy atom. The Morgan fingerprint density at radius 1 is 1.06 bits per heavy atom. The number of anilines is 1. The summed E-state index contributed by atoms with van der Waals surface area (Å²) in [5.74, 6) is 0. The van der Waals surface area contributed by atoms with Gasteiger partial charge in [-0.3, -0.25) is 4.98 Å². The van der Waals surface area contributed by atoms with E-state index in [1.54, 1.807) is 30.6 Å². The largest absolute Gasteiger partial charge is 0.380 e. The van der Waals surface area contributed by atoms with Gasteiger partial charge in [0.15, 0.2) is 0 Å². The zero-order valence-electron chi connectivity index (χ0n) is 8.75. The van der Waals surface area contributed by atoms with E-state index < -0.39 is 0 Å². The van der Waals surface area contributed by atoms with Crippen molar-refractivity contribution in [3.05, 3.63) is 57.3 Å². The summed E-state index contributed by atoms with van der Waals surface area (Å²) in [4.78, 5) is 3.92. The van der Waals surface area contributed by atoms with Gasteiger partial charge in [0.25, 0.3) is 0 Å². The number of hydrogen-bond donors (Lipinski definition) is 1. The minimum Gasteiger partial charge on any atom is -0.380 e. The van der Waals surface area contributed by atoms with Crippen LogP contribution in [0.2, 0.25) is 15.1 Å². The van der Waals surface area contributed by atoms with Crippen molar-refractivity contribution in [3.63, 3.8) is 0 Å². The summed E-state index contributed by atoms with van der Waals surface area (Å²) in [6.45, 7) is 0.571. The van der Waals surface area contributed by atoms with Crippen LogP contribution < -0.4 is 5.32 Å². The van der Waals surface area contributed by atoms with E-state index in [0.29, 0.717) is 21.6 Å². The lowest BCUT2D eigenvalue weighted by Crippen LogP contribution is -2.00. The molecule has 2 rings (SSSR count). The van der Waals surface area contributed by atoms with Crippen LogP contribution in [-0.4, -0.2) is 4.98 Å². The summed E-state index contributed by atoms with van der Waals surface area (Å²) in [5, 5.41) is 5.07. The second-order valence-electron chi connectivity index (χ2n) is 3.44. The molecule has 0 saturated carbocycles. The Labute approximate surface area is 115 Å². The zero-order valence-corrected chi connectivity index (χ0v) is 11.0. The fourth-order valence-corrected chi connectivity index (χ4v) is 1.91. The lowest BCUT2D eigenvalue weighted by molar-refractivity contribution is 1.13. The third-order valence-electron chi connectivity index (χ3n) is 2.25. The smallest absolute Gasteiger partial charge is 0.0639 e. The topological polar surface area (TPSA) is 24.9 Å². The molecule has 1 heterocycles. The molecular formula is C12H9Cl3N2. The van der Waals surface area contributed by atoms with Crippen LogP contribution in [-0.2, 0) is 6.54 Å². The van der Waals surface area contributed by atoms with Gasteiger partial charge in [0.2, 0.25) is 0 Å². The Balaban J connectivity index is 2.12. The summed E-state index contributed by atoms with van der Waals surface area (Å²) in [6, 6.07) is 7.13. The summed E-state index contributed by atoms with van der Waals surface area (Å²) in [5.41, 5.74) is 1.74. The molecule has 0 atom stereocenters. The van der Waals surface area contributed by atoms with Crippen LogP contribution in [0, 0.1) is 0 Å². The van der Waals surface area contributed by atoms with Gasteiger partial charge in [-0.1, -0.05) is 34.8 Å².